The molecule has 0 bridgehead atoms. The summed E-state index contributed by atoms with van der Waals surface area (Å²) in [5.74, 6) is 1.56. The van der Waals surface area contributed by atoms with Crippen molar-refractivity contribution in [3.05, 3.63) is 29.3 Å². The Labute approximate surface area is 122 Å². The molecule has 20 heavy (non-hydrogen) atoms. The Hall–Kier alpha value is -1.06. The van der Waals surface area contributed by atoms with Gasteiger partial charge in [-0.05, 0) is 61.9 Å². The number of hydrogen-bond acceptors (Lipinski definition) is 3. The lowest BCUT2D eigenvalue weighted by molar-refractivity contribution is 0.168. The maximum Gasteiger partial charge on any atom is 0.119 e. The van der Waals surface area contributed by atoms with E-state index >= 15 is 0 Å². The fourth-order valence-electron chi connectivity index (χ4n) is 2.95. The van der Waals surface area contributed by atoms with Gasteiger partial charge in [0, 0.05) is 0 Å². The van der Waals surface area contributed by atoms with Gasteiger partial charge in [0.05, 0.1) is 12.7 Å². The zero-order chi connectivity index (χ0) is 14.4. The fourth-order valence-corrected chi connectivity index (χ4v) is 2.95. The molecule has 0 aromatic heterocycles. The molecule has 3 N–H and O–H groups in total. The van der Waals surface area contributed by atoms with Crippen LogP contribution < -0.4 is 10.5 Å². The molecule has 3 nitrogen and oxygen atoms in total. The highest BCUT2D eigenvalue weighted by molar-refractivity contribution is 5.36. The van der Waals surface area contributed by atoms with Gasteiger partial charge in [-0.25, -0.2) is 0 Å². The number of aliphatic hydroxyl groups is 1. The number of ether oxygens (including phenoxy) is 1. The van der Waals surface area contributed by atoms with E-state index in [-0.39, 0.29) is 0 Å². The summed E-state index contributed by atoms with van der Waals surface area (Å²) in [6.45, 7) is 3.31. The molecular weight excluding hydrogens is 250 g/mol. The lowest BCUT2D eigenvalue weighted by atomic mass is 9.90. The van der Waals surface area contributed by atoms with E-state index in [4.69, 9.17) is 10.5 Å². The molecule has 1 saturated carbocycles. The summed E-state index contributed by atoms with van der Waals surface area (Å²) in [5.41, 5.74) is 7.55. The van der Waals surface area contributed by atoms with Crippen LogP contribution in [-0.4, -0.2) is 18.3 Å². The van der Waals surface area contributed by atoms with E-state index in [1.165, 1.54) is 32.1 Å². The first-order valence-corrected chi connectivity index (χ1v) is 7.82. The van der Waals surface area contributed by atoms with Crippen LogP contribution >= 0.6 is 0 Å². The summed E-state index contributed by atoms with van der Waals surface area (Å²) in [4.78, 5) is 0. The Morgan fingerprint density at radius 3 is 2.75 bits per heavy atom. The molecule has 0 aliphatic heterocycles. The summed E-state index contributed by atoms with van der Waals surface area (Å²) < 4.78 is 5.93. The molecule has 1 aromatic rings. The number of hydrogen-bond donors (Lipinski definition) is 2. The van der Waals surface area contributed by atoms with Gasteiger partial charge in [0.1, 0.15) is 5.75 Å². The third-order valence-corrected chi connectivity index (χ3v) is 4.26. The fraction of sp³-hybridized carbons (Fsp3) is 0.647. The van der Waals surface area contributed by atoms with Crippen molar-refractivity contribution in [2.24, 2.45) is 11.7 Å². The van der Waals surface area contributed by atoms with Crippen molar-refractivity contribution in [3.8, 4) is 5.75 Å². The molecule has 0 radical (unpaired) electrons. The third-order valence-electron chi connectivity index (χ3n) is 4.26. The molecular formula is C17H27NO2. The standard InChI is InChI=1S/C17H27NO2/c1-13-7-8-15(11-16(13)17(19)9-10-18)20-12-14-5-3-2-4-6-14/h7-8,11,14,17,19H,2-6,9-10,12,18H2,1H3. The van der Waals surface area contributed by atoms with E-state index in [0.717, 1.165) is 23.5 Å². The van der Waals surface area contributed by atoms with Crippen molar-refractivity contribution >= 4 is 0 Å². The topological polar surface area (TPSA) is 55.5 Å². The largest absolute Gasteiger partial charge is 0.493 e. The molecule has 3 heteroatoms. The number of benzene rings is 1. The van der Waals surface area contributed by atoms with Crippen molar-refractivity contribution in [2.75, 3.05) is 13.2 Å². The van der Waals surface area contributed by atoms with Gasteiger partial charge in [0.25, 0.3) is 0 Å². The van der Waals surface area contributed by atoms with Gasteiger partial charge >= 0.3 is 0 Å². The van der Waals surface area contributed by atoms with E-state index < -0.39 is 6.10 Å². The number of aliphatic hydroxyl groups excluding tert-OH is 1. The molecule has 1 aromatic carbocycles. The SMILES string of the molecule is Cc1ccc(OCC2CCCCC2)cc1C(O)CCN. The van der Waals surface area contributed by atoms with Crippen LogP contribution in [0.1, 0.15) is 55.8 Å². The van der Waals surface area contributed by atoms with Gasteiger partial charge in [-0.3, -0.25) is 0 Å². The van der Waals surface area contributed by atoms with Crippen LogP contribution in [-0.2, 0) is 0 Å². The maximum atomic E-state index is 10.1. The maximum absolute atomic E-state index is 10.1. The Morgan fingerprint density at radius 2 is 2.05 bits per heavy atom. The van der Waals surface area contributed by atoms with Crippen LogP contribution in [0, 0.1) is 12.8 Å². The summed E-state index contributed by atoms with van der Waals surface area (Å²) in [6, 6.07) is 5.99. The zero-order valence-corrected chi connectivity index (χ0v) is 12.5. The van der Waals surface area contributed by atoms with Crippen LogP contribution in [0.3, 0.4) is 0 Å². The van der Waals surface area contributed by atoms with E-state index in [1.54, 1.807) is 0 Å². The summed E-state index contributed by atoms with van der Waals surface area (Å²) in [5, 5.41) is 10.1. The van der Waals surface area contributed by atoms with Crippen LogP contribution in [0.25, 0.3) is 0 Å². The molecule has 1 atom stereocenters. The van der Waals surface area contributed by atoms with Crippen LogP contribution in [0.2, 0.25) is 0 Å². The average Bonchev–Trinajstić information content (AvgIpc) is 2.47. The minimum absolute atomic E-state index is 0.488. The van der Waals surface area contributed by atoms with Crippen molar-refractivity contribution in [1.82, 2.24) is 0 Å². The number of nitrogens with two attached hydrogens (primary N) is 1. The first-order valence-electron chi connectivity index (χ1n) is 7.82. The first kappa shape index (κ1) is 15.3. The number of rotatable bonds is 6. The molecule has 0 saturated heterocycles. The molecule has 2 rings (SSSR count). The lowest BCUT2D eigenvalue weighted by Gasteiger charge is -2.22. The van der Waals surface area contributed by atoms with Crippen LogP contribution in [0.4, 0.5) is 0 Å². The van der Waals surface area contributed by atoms with Crippen LogP contribution in [0.15, 0.2) is 18.2 Å². The first-order chi connectivity index (χ1) is 9.70. The third kappa shape index (κ3) is 4.22. The predicted octanol–water partition coefficient (Wildman–Crippen LogP) is 3.34. The van der Waals surface area contributed by atoms with Crippen molar-refractivity contribution in [3.63, 3.8) is 0 Å². The highest BCUT2D eigenvalue weighted by Gasteiger charge is 2.15. The summed E-state index contributed by atoms with van der Waals surface area (Å²) >= 11 is 0. The van der Waals surface area contributed by atoms with Crippen molar-refractivity contribution < 1.29 is 9.84 Å². The molecule has 1 aliphatic rings. The molecule has 0 amide bonds. The van der Waals surface area contributed by atoms with Gasteiger partial charge in [-0.15, -0.1) is 0 Å². The van der Waals surface area contributed by atoms with Crippen molar-refractivity contribution in [1.29, 1.82) is 0 Å². The van der Waals surface area contributed by atoms with Gasteiger partial charge in [0.15, 0.2) is 0 Å². The van der Waals surface area contributed by atoms with Crippen molar-refractivity contribution in [2.45, 2.75) is 51.6 Å². The van der Waals surface area contributed by atoms with E-state index in [1.807, 2.05) is 25.1 Å². The van der Waals surface area contributed by atoms with Gasteiger partial charge < -0.3 is 15.6 Å². The van der Waals surface area contributed by atoms with Gasteiger partial charge in [0.2, 0.25) is 0 Å². The predicted molar refractivity (Wildman–Crippen MR) is 81.9 cm³/mol. The molecule has 1 aliphatic carbocycles. The smallest absolute Gasteiger partial charge is 0.119 e. The Bertz CT molecular complexity index is 413. The minimum atomic E-state index is -0.488. The van der Waals surface area contributed by atoms with E-state index in [2.05, 4.69) is 0 Å². The Kier molecular flexibility index (Phi) is 5.86. The molecule has 0 spiro atoms. The van der Waals surface area contributed by atoms with Gasteiger partial charge in [-0.2, -0.15) is 0 Å². The van der Waals surface area contributed by atoms with E-state index in [0.29, 0.717) is 18.9 Å². The zero-order valence-electron chi connectivity index (χ0n) is 12.5. The van der Waals surface area contributed by atoms with Crippen LogP contribution in [0.5, 0.6) is 5.75 Å². The summed E-state index contributed by atoms with van der Waals surface area (Å²) in [6.07, 6.45) is 6.72. The second-order valence-electron chi connectivity index (χ2n) is 5.93. The Morgan fingerprint density at radius 1 is 1.30 bits per heavy atom. The molecule has 112 valence electrons. The summed E-state index contributed by atoms with van der Waals surface area (Å²) in [7, 11) is 0. The minimum Gasteiger partial charge on any atom is -0.493 e. The second kappa shape index (κ2) is 7.65. The monoisotopic (exact) mass is 277 g/mol. The second-order valence-corrected chi connectivity index (χ2v) is 5.93. The average molecular weight is 277 g/mol. The van der Waals surface area contributed by atoms with Gasteiger partial charge in [-0.1, -0.05) is 25.3 Å². The van der Waals surface area contributed by atoms with E-state index in [9.17, 15) is 5.11 Å². The molecule has 0 heterocycles. The normalized spacial score (nSPS) is 17.9. The molecule has 1 fully saturated rings. The number of aryl methyl sites for hydroxylation is 1. The quantitative estimate of drug-likeness (QED) is 0.838. The highest BCUT2D eigenvalue weighted by Crippen LogP contribution is 2.27. The Balaban J connectivity index is 1.95. The highest BCUT2D eigenvalue weighted by atomic mass is 16.5. The molecule has 1 unspecified atom stereocenters. The lowest BCUT2D eigenvalue weighted by Crippen LogP contribution is -2.15.